The van der Waals surface area contributed by atoms with Gasteiger partial charge in [-0.15, -0.1) is 0 Å². The van der Waals surface area contributed by atoms with E-state index in [1.165, 1.54) is 41.2 Å². The van der Waals surface area contributed by atoms with Gasteiger partial charge in [0.25, 0.3) is 0 Å². The highest BCUT2D eigenvalue weighted by molar-refractivity contribution is 5.87. The SMILES string of the molecule is CCc1cc2c(cc1CC)CC(NCC(O)c1ccc(OCCN3CCCC3)c3[nH]c(=O)ccc13)C2. The quantitative estimate of drug-likeness (QED) is 0.402. The molecule has 1 aromatic heterocycles. The minimum atomic E-state index is -0.682. The van der Waals surface area contributed by atoms with Crippen LogP contribution in [0.3, 0.4) is 0 Å². The average Bonchev–Trinajstić information content (AvgIpc) is 3.55. The van der Waals surface area contributed by atoms with E-state index in [4.69, 9.17) is 4.74 Å². The lowest BCUT2D eigenvalue weighted by Gasteiger charge is -2.20. The molecule has 6 nitrogen and oxygen atoms in total. The first-order valence-corrected chi connectivity index (χ1v) is 13.6. The summed E-state index contributed by atoms with van der Waals surface area (Å²) in [4.78, 5) is 17.4. The summed E-state index contributed by atoms with van der Waals surface area (Å²) in [5.74, 6) is 0.663. The van der Waals surface area contributed by atoms with Gasteiger partial charge in [-0.1, -0.05) is 32.0 Å². The molecule has 2 aliphatic rings. The summed E-state index contributed by atoms with van der Waals surface area (Å²) in [5.41, 5.74) is 7.09. The van der Waals surface area contributed by atoms with Crippen LogP contribution in [-0.4, -0.2) is 53.8 Å². The lowest BCUT2D eigenvalue weighted by atomic mass is 9.97. The Morgan fingerprint density at radius 1 is 1.06 bits per heavy atom. The molecule has 0 amide bonds. The first kappa shape index (κ1) is 25.0. The van der Waals surface area contributed by atoms with Gasteiger partial charge in [-0.3, -0.25) is 9.69 Å². The first-order chi connectivity index (χ1) is 17.6. The van der Waals surface area contributed by atoms with E-state index < -0.39 is 6.10 Å². The Kier molecular flexibility index (Phi) is 7.75. The predicted octanol–water partition coefficient (Wildman–Crippen LogP) is 3.92. The monoisotopic (exact) mass is 489 g/mol. The van der Waals surface area contributed by atoms with E-state index in [1.807, 2.05) is 12.1 Å². The number of likely N-dealkylation sites (tertiary alicyclic amines) is 1. The minimum absolute atomic E-state index is 0.168. The van der Waals surface area contributed by atoms with Gasteiger partial charge in [-0.25, -0.2) is 0 Å². The Balaban J connectivity index is 1.26. The number of fused-ring (bicyclic) bond motifs is 2. The van der Waals surface area contributed by atoms with Crippen molar-refractivity contribution in [2.75, 3.05) is 32.8 Å². The van der Waals surface area contributed by atoms with Crippen LogP contribution in [0.2, 0.25) is 0 Å². The molecule has 1 atom stereocenters. The molecule has 0 bridgehead atoms. The van der Waals surface area contributed by atoms with Gasteiger partial charge in [0, 0.05) is 30.6 Å². The fourth-order valence-corrected chi connectivity index (χ4v) is 5.92. The number of nitrogens with one attached hydrogen (secondary N) is 2. The maximum atomic E-state index is 12.1. The Hall–Kier alpha value is -2.67. The van der Waals surface area contributed by atoms with Crippen LogP contribution in [0.1, 0.15) is 60.6 Å². The summed E-state index contributed by atoms with van der Waals surface area (Å²) in [6.07, 6.45) is 5.96. The zero-order valence-electron chi connectivity index (χ0n) is 21.6. The predicted molar refractivity (Wildman–Crippen MR) is 145 cm³/mol. The molecule has 2 heterocycles. The highest BCUT2D eigenvalue weighted by atomic mass is 16.5. The zero-order chi connectivity index (χ0) is 25.1. The van der Waals surface area contributed by atoms with Gasteiger partial charge in [0.05, 0.1) is 11.6 Å². The summed E-state index contributed by atoms with van der Waals surface area (Å²) >= 11 is 0. The summed E-state index contributed by atoms with van der Waals surface area (Å²) in [7, 11) is 0. The van der Waals surface area contributed by atoms with Gasteiger partial charge >= 0.3 is 0 Å². The number of aromatic amines is 1. The van der Waals surface area contributed by atoms with Crippen LogP contribution in [0, 0.1) is 0 Å². The molecule has 1 aliphatic carbocycles. The zero-order valence-corrected chi connectivity index (χ0v) is 21.6. The van der Waals surface area contributed by atoms with Gasteiger partial charge in [-0.2, -0.15) is 0 Å². The molecule has 0 radical (unpaired) electrons. The lowest BCUT2D eigenvalue weighted by Crippen LogP contribution is -2.33. The number of hydrogen-bond donors (Lipinski definition) is 3. The second-order valence-corrected chi connectivity index (χ2v) is 10.3. The number of pyridine rings is 1. The van der Waals surface area contributed by atoms with Gasteiger partial charge in [0.1, 0.15) is 12.4 Å². The second kappa shape index (κ2) is 11.2. The molecule has 3 N–H and O–H groups in total. The van der Waals surface area contributed by atoms with Crippen LogP contribution in [-0.2, 0) is 25.7 Å². The molecule has 192 valence electrons. The molecule has 0 saturated carbocycles. The number of rotatable bonds is 10. The second-order valence-electron chi connectivity index (χ2n) is 10.3. The molecule has 6 heteroatoms. The van der Waals surface area contributed by atoms with E-state index in [0.717, 1.165) is 56.3 Å². The van der Waals surface area contributed by atoms with Crippen molar-refractivity contribution in [1.29, 1.82) is 0 Å². The molecule has 5 rings (SSSR count). The maximum absolute atomic E-state index is 12.1. The van der Waals surface area contributed by atoms with Crippen LogP contribution in [0.15, 0.2) is 41.2 Å². The van der Waals surface area contributed by atoms with Crippen molar-refractivity contribution in [3.63, 3.8) is 0 Å². The summed E-state index contributed by atoms with van der Waals surface area (Å²) < 4.78 is 6.08. The van der Waals surface area contributed by atoms with E-state index in [0.29, 0.717) is 30.5 Å². The molecule has 1 aliphatic heterocycles. The lowest BCUT2D eigenvalue weighted by molar-refractivity contribution is 0.171. The highest BCUT2D eigenvalue weighted by Gasteiger charge is 2.24. The number of aliphatic hydroxyl groups is 1. The fourth-order valence-electron chi connectivity index (χ4n) is 5.92. The molecular weight excluding hydrogens is 450 g/mol. The van der Waals surface area contributed by atoms with Crippen molar-refractivity contribution in [1.82, 2.24) is 15.2 Å². The van der Waals surface area contributed by atoms with Crippen LogP contribution >= 0.6 is 0 Å². The van der Waals surface area contributed by atoms with Gasteiger partial charge in [0.15, 0.2) is 0 Å². The van der Waals surface area contributed by atoms with Crippen molar-refractivity contribution in [3.8, 4) is 5.75 Å². The smallest absolute Gasteiger partial charge is 0.248 e. The van der Waals surface area contributed by atoms with E-state index in [2.05, 4.69) is 41.2 Å². The molecular formula is C30H39N3O3. The van der Waals surface area contributed by atoms with Crippen LogP contribution in [0.5, 0.6) is 5.75 Å². The third kappa shape index (κ3) is 5.36. The molecule has 1 fully saturated rings. The number of hydrogen-bond acceptors (Lipinski definition) is 5. The number of aromatic nitrogens is 1. The number of aliphatic hydroxyl groups excluding tert-OH is 1. The number of ether oxygens (including phenoxy) is 1. The minimum Gasteiger partial charge on any atom is -0.490 e. The van der Waals surface area contributed by atoms with E-state index in [9.17, 15) is 9.90 Å². The number of benzene rings is 2. The maximum Gasteiger partial charge on any atom is 0.248 e. The Labute approximate surface area is 213 Å². The molecule has 0 spiro atoms. The molecule has 36 heavy (non-hydrogen) atoms. The molecule has 1 saturated heterocycles. The van der Waals surface area contributed by atoms with Gasteiger partial charge in [-0.05, 0) is 91.6 Å². The van der Waals surface area contributed by atoms with Crippen molar-refractivity contribution in [2.45, 2.75) is 64.5 Å². The van der Waals surface area contributed by atoms with Crippen molar-refractivity contribution >= 4 is 10.9 Å². The molecule has 1 unspecified atom stereocenters. The largest absolute Gasteiger partial charge is 0.490 e. The third-order valence-corrected chi connectivity index (χ3v) is 7.93. The van der Waals surface area contributed by atoms with Crippen molar-refractivity contribution in [2.24, 2.45) is 0 Å². The van der Waals surface area contributed by atoms with Gasteiger partial charge < -0.3 is 20.1 Å². The van der Waals surface area contributed by atoms with Crippen molar-refractivity contribution in [3.05, 3.63) is 74.6 Å². The topological polar surface area (TPSA) is 77.6 Å². The average molecular weight is 490 g/mol. The fraction of sp³-hybridized carbons (Fsp3) is 0.500. The van der Waals surface area contributed by atoms with Gasteiger partial charge in [0.2, 0.25) is 5.56 Å². The Morgan fingerprint density at radius 2 is 1.75 bits per heavy atom. The standard InChI is InChI=1S/C30H39N3O3/c1-3-20-15-22-17-24(18-23(22)16-21(20)4-2)31-19-27(34)25-7-9-28(30-26(25)8-10-29(35)32-30)36-14-13-33-11-5-6-12-33/h7-10,15-16,24,27,31,34H,3-6,11-14,17-19H2,1-2H3,(H,32,35). The molecule has 2 aromatic carbocycles. The van der Waals surface area contributed by atoms with E-state index in [-0.39, 0.29) is 5.56 Å². The summed E-state index contributed by atoms with van der Waals surface area (Å²) in [5, 5.41) is 15.6. The van der Waals surface area contributed by atoms with Crippen molar-refractivity contribution < 1.29 is 9.84 Å². The Morgan fingerprint density at radius 3 is 2.42 bits per heavy atom. The first-order valence-electron chi connectivity index (χ1n) is 13.6. The highest BCUT2D eigenvalue weighted by Crippen LogP contribution is 2.31. The number of nitrogens with zero attached hydrogens (tertiary/aromatic N) is 1. The number of aryl methyl sites for hydroxylation is 2. The van der Waals surface area contributed by atoms with Crippen LogP contribution in [0.25, 0.3) is 10.9 Å². The number of H-pyrrole nitrogens is 1. The van der Waals surface area contributed by atoms with E-state index >= 15 is 0 Å². The molecule has 3 aromatic rings. The summed E-state index contributed by atoms with van der Waals surface area (Å²) in [6, 6.07) is 12.2. The van der Waals surface area contributed by atoms with Crippen LogP contribution < -0.4 is 15.6 Å². The summed E-state index contributed by atoms with van der Waals surface area (Å²) in [6.45, 7) is 8.64. The van der Waals surface area contributed by atoms with Crippen LogP contribution in [0.4, 0.5) is 0 Å². The van der Waals surface area contributed by atoms with E-state index in [1.54, 1.807) is 6.07 Å². The third-order valence-electron chi connectivity index (χ3n) is 7.93. The Bertz CT molecular complexity index is 1230. The normalized spacial score (nSPS) is 17.1.